The van der Waals surface area contributed by atoms with E-state index in [1.54, 1.807) is 0 Å². The van der Waals surface area contributed by atoms with E-state index in [-0.39, 0.29) is 39.2 Å². The third kappa shape index (κ3) is 7.08. The van der Waals surface area contributed by atoms with E-state index in [9.17, 15) is 0 Å². The Balaban J connectivity index is 1.17. The van der Waals surface area contributed by atoms with Crippen LogP contribution in [0.15, 0.2) is 133 Å². The van der Waals surface area contributed by atoms with E-state index in [1.807, 2.05) is 11.3 Å². The molecule has 0 N–H and O–H groups in total. The first-order chi connectivity index (χ1) is 34.5. The van der Waals surface area contributed by atoms with Crippen molar-refractivity contribution in [2.75, 3.05) is 9.80 Å². The smallest absolute Gasteiger partial charge is 0.254 e. The Hall–Kier alpha value is -5.84. The molecule has 73 heavy (non-hydrogen) atoms. The molecule has 1 aromatic heterocycles. The number of thiophene rings is 1. The summed E-state index contributed by atoms with van der Waals surface area (Å²) >= 11 is 2.04. The van der Waals surface area contributed by atoms with Gasteiger partial charge in [0.25, 0.3) is 6.71 Å². The van der Waals surface area contributed by atoms with E-state index in [0.29, 0.717) is 0 Å². The number of hydrogen-bond acceptors (Lipinski definition) is 3. The quantitative estimate of drug-likeness (QED) is 0.162. The van der Waals surface area contributed by atoms with Crippen LogP contribution in [0, 0.1) is 6.92 Å². The summed E-state index contributed by atoms with van der Waals surface area (Å²) in [5, 5.41) is 2.81. The summed E-state index contributed by atoms with van der Waals surface area (Å²) < 4.78 is 1.41. The van der Waals surface area contributed by atoms with Gasteiger partial charge < -0.3 is 9.80 Å². The number of rotatable bonds is 4. The first-order valence-corrected chi connectivity index (χ1v) is 28.3. The second kappa shape index (κ2) is 15.6. The lowest BCUT2D eigenvalue weighted by atomic mass is 9.33. The second-order valence-corrected chi connectivity index (χ2v) is 28.1. The van der Waals surface area contributed by atoms with Crippen molar-refractivity contribution in [2.24, 2.45) is 0 Å². The minimum Gasteiger partial charge on any atom is -0.311 e. The largest absolute Gasteiger partial charge is 0.311 e. The summed E-state index contributed by atoms with van der Waals surface area (Å²) in [7, 11) is 0. The maximum absolute atomic E-state index is 2.74. The fraction of sp³-hybridized carbons (Fsp3) is 0.362. The lowest BCUT2D eigenvalue weighted by molar-refractivity contribution is 0.332. The van der Waals surface area contributed by atoms with Gasteiger partial charge in [0.15, 0.2) is 0 Å². The highest BCUT2D eigenvalue weighted by atomic mass is 32.1. The first kappa shape index (κ1) is 46.9. The Morgan fingerprint density at radius 1 is 0.384 bits per heavy atom. The average molecular weight is 973 g/mol. The SMILES string of the molecule is Cc1cc2c3c(c1)N(c1ccc4c(c1)C(C)(C)CCC4(C)C)c1sc4cc5c(cc4c1B3c1cc3c(cc1N2c1cc(-c2ccccc2)cc(-c2ccccc2)c1)C(C)(C)CCC3(C)C)C(C)(C)CCC5(C)C. The van der Waals surface area contributed by atoms with Crippen LogP contribution >= 0.6 is 11.3 Å². The Bertz CT molecular complexity index is 3550. The number of benzene rings is 7. The molecule has 2 nitrogen and oxygen atoms in total. The Labute approximate surface area is 441 Å². The van der Waals surface area contributed by atoms with Gasteiger partial charge in [0, 0.05) is 33.1 Å². The van der Waals surface area contributed by atoms with Crippen molar-refractivity contribution in [1.29, 1.82) is 0 Å². The molecule has 368 valence electrons. The molecule has 4 heteroatoms. The molecular weight excluding hydrogens is 900 g/mol. The number of hydrogen-bond donors (Lipinski definition) is 0. The average Bonchev–Trinajstić information content (AvgIpc) is 3.74. The number of anilines is 6. The topological polar surface area (TPSA) is 6.48 Å². The zero-order valence-corrected chi connectivity index (χ0v) is 46.6. The van der Waals surface area contributed by atoms with Crippen molar-refractivity contribution in [2.45, 2.75) is 161 Å². The van der Waals surface area contributed by atoms with Crippen LogP contribution in [0.2, 0.25) is 0 Å². The van der Waals surface area contributed by atoms with Crippen LogP contribution in [-0.2, 0) is 32.5 Å². The van der Waals surface area contributed by atoms with E-state index in [4.69, 9.17) is 0 Å². The van der Waals surface area contributed by atoms with Crippen molar-refractivity contribution in [3.63, 3.8) is 0 Å². The highest BCUT2D eigenvalue weighted by molar-refractivity contribution is 7.26. The molecule has 0 bridgehead atoms. The van der Waals surface area contributed by atoms with Gasteiger partial charge in [-0.05, 0) is 222 Å². The van der Waals surface area contributed by atoms with Gasteiger partial charge in [-0.1, -0.05) is 156 Å². The third-order valence-corrected chi connectivity index (χ3v) is 20.4. The van der Waals surface area contributed by atoms with Crippen LogP contribution in [0.25, 0.3) is 32.3 Å². The minimum atomic E-state index is 0.0275. The van der Waals surface area contributed by atoms with Crippen LogP contribution in [0.3, 0.4) is 0 Å². The molecule has 5 aliphatic rings. The number of fused-ring (bicyclic) bond motifs is 9. The Morgan fingerprint density at radius 3 is 1.40 bits per heavy atom. The minimum absolute atomic E-state index is 0.0275. The Morgan fingerprint density at radius 2 is 0.849 bits per heavy atom. The number of aryl methyl sites for hydroxylation is 1. The molecule has 3 aliphatic carbocycles. The lowest BCUT2D eigenvalue weighted by Gasteiger charge is -2.47. The van der Waals surface area contributed by atoms with E-state index in [0.717, 1.165) is 6.42 Å². The van der Waals surface area contributed by atoms with Crippen LogP contribution < -0.4 is 26.2 Å². The zero-order chi connectivity index (χ0) is 50.9. The van der Waals surface area contributed by atoms with Crippen molar-refractivity contribution >= 4 is 78.0 Å². The lowest BCUT2D eigenvalue weighted by Crippen LogP contribution is -2.61. The highest BCUT2D eigenvalue weighted by Crippen LogP contribution is 2.56. The molecule has 0 radical (unpaired) electrons. The van der Waals surface area contributed by atoms with E-state index in [2.05, 4.69) is 233 Å². The fourth-order valence-electron chi connectivity index (χ4n) is 14.4. The number of nitrogens with zero attached hydrogens (tertiary/aromatic N) is 2. The van der Waals surface area contributed by atoms with Crippen molar-refractivity contribution in [3.05, 3.63) is 172 Å². The normalized spacial score (nSPS) is 19.8. The molecule has 0 atom stereocenters. The third-order valence-electron chi connectivity index (χ3n) is 19.3. The summed E-state index contributed by atoms with van der Waals surface area (Å²) in [4.78, 5) is 5.44. The zero-order valence-electron chi connectivity index (χ0n) is 45.8. The van der Waals surface area contributed by atoms with E-state index >= 15 is 0 Å². The first-order valence-electron chi connectivity index (χ1n) is 27.5. The summed E-state index contributed by atoms with van der Waals surface area (Å²) in [6.07, 6.45) is 7.10. The van der Waals surface area contributed by atoms with E-state index < -0.39 is 0 Å². The monoisotopic (exact) mass is 973 g/mol. The molecular formula is C69H73BN2S. The molecule has 0 saturated heterocycles. The van der Waals surface area contributed by atoms with Gasteiger partial charge in [0.2, 0.25) is 0 Å². The predicted molar refractivity (Wildman–Crippen MR) is 317 cm³/mol. The van der Waals surface area contributed by atoms with Gasteiger partial charge in [0.05, 0.1) is 5.00 Å². The van der Waals surface area contributed by atoms with Gasteiger partial charge in [-0.3, -0.25) is 0 Å². The summed E-state index contributed by atoms with van der Waals surface area (Å²) in [5.74, 6) is 0. The summed E-state index contributed by atoms with van der Waals surface area (Å²) in [6.45, 7) is 32.2. The molecule has 2 aliphatic heterocycles. The Kier molecular flexibility index (Phi) is 10.0. The van der Waals surface area contributed by atoms with Crippen LogP contribution in [0.4, 0.5) is 33.4 Å². The molecule has 0 saturated carbocycles. The van der Waals surface area contributed by atoms with Crippen LogP contribution in [-0.4, -0.2) is 6.71 Å². The summed E-state index contributed by atoms with van der Waals surface area (Å²) in [6, 6.07) is 52.8. The van der Waals surface area contributed by atoms with Gasteiger partial charge in [0.1, 0.15) is 0 Å². The van der Waals surface area contributed by atoms with Gasteiger partial charge in [-0.2, -0.15) is 0 Å². The molecule has 3 heterocycles. The molecule has 0 fully saturated rings. The van der Waals surface area contributed by atoms with Crippen molar-refractivity contribution in [1.82, 2.24) is 0 Å². The summed E-state index contributed by atoms with van der Waals surface area (Å²) in [5.41, 5.74) is 26.4. The predicted octanol–water partition coefficient (Wildman–Crippen LogP) is 17.7. The molecule has 0 unspecified atom stereocenters. The van der Waals surface area contributed by atoms with Gasteiger partial charge in [-0.25, -0.2) is 0 Å². The van der Waals surface area contributed by atoms with E-state index in [1.165, 1.54) is 153 Å². The molecule has 13 rings (SSSR count). The molecule has 7 aromatic carbocycles. The molecule has 0 amide bonds. The van der Waals surface area contributed by atoms with Crippen LogP contribution in [0.5, 0.6) is 0 Å². The standard InChI is InChI=1S/C69H73BN2S/c1-42-32-58-62-59(33-42)72(47-24-25-50-51(37-47)65(4,5)27-26-64(50,2)3)63-61(49-38-52-55(41-60(49)73-63)69(12,13)31-28-66(52,6)7)70(62)56-39-53-54(68(10,11)30-29-67(53,8)9)40-57(56)71(58)48-35-45(43-20-16-14-17-21-43)34-46(36-48)44-22-18-15-19-23-44/h14-25,32-41H,26-31H2,1-13H3. The van der Waals surface area contributed by atoms with Crippen LogP contribution in [0.1, 0.15) is 161 Å². The fourth-order valence-corrected chi connectivity index (χ4v) is 15.7. The maximum Gasteiger partial charge on any atom is 0.254 e. The second-order valence-electron chi connectivity index (χ2n) is 27.0. The maximum atomic E-state index is 2.74. The highest BCUT2D eigenvalue weighted by Gasteiger charge is 2.49. The molecule has 0 spiro atoms. The molecule has 8 aromatic rings. The van der Waals surface area contributed by atoms with Crippen molar-refractivity contribution in [3.8, 4) is 22.3 Å². The van der Waals surface area contributed by atoms with Gasteiger partial charge in [-0.15, -0.1) is 11.3 Å². The van der Waals surface area contributed by atoms with Crippen molar-refractivity contribution < 1.29 is 0 Å². The van der Waals surface area contributed by atoms with Gasteiger partial charge >= 0.3 is 0 Å².